The molecule has 0 bridgehead atoms. The van der Waals surface area contributed by atoms with E-state index in [1.807, 2.05) is 13.0 Å². The molecule has 6 heteroatoms. The topological polar surface area (TPSA) is 58.6 Å². The SMILES string of the molecule is Cc1cccc(C(=O)O)c1[C@@H]1Nc2ccc(OC(F)F)cc2[C@@H]2CCC[C@@H]21. The lowest BCUT2D eigenvalue weighted by Gasteiger charge is -2.39. The number of carbonyl (C=O) groups is 1. The molecule has 1 saturated carbocycles. The number of anilines is 1. The first-order valence-corrected chi connectivity index (χ1v) is 9.14. The van der Waals surface area contributed by atoms with Gasteiger partial charge in [0.1, 0.15) is 5.75 Å². The summed E-state index contributed by atoms with van der Waals surface area (Å²) in [4.78, 5) is 11.8. The number of carboxylic acids is 1. The number of alkyl halides is 2. The van der Waals surface area contributed by atoms with Gasteiger partial charge in [-0.3, -0.25) is 0 Å². The molecule has 0 spiro atoms. The van der Waals surface area contributed by atoms with E-state index < -0.39 is 12.6 Å². The summed E-state index contributed by atoms with van der Waals surface area (Å²) in [6, 6.07) is 10.2. The second kappa shape index (κ2) is 6.83. The van der Waals surface area contributed by atoms with E-state index in [1.165, 1.54) is 6.07 Å². The number of benzene rings is 2. The maximum Gasteiger partial charge on any atom is 0.387 e. The number of hydrogen-bond acceptors (Lipinski definition) is 3. The largest absolute Gasteiger partial charge is 0.478 e. The summed E-state index contributed by atoms with van der Waals surface area (Å²) < 4.78 is 29.7. The standard InChI is InChI=1S/C21H21F2NO3/c1-11-4-2-7-15(20(25)26)18(11)19-14-6-3-5-13(14)16-10-12(27-21(22)23)8-9-17(16)24-19/h2,4,7-10,13-14,19,21,24H,3,5-6H2,1H3,(H,25,26)/t13-,14+,19-/m1/s1. The molecule has 1 heterocycles. The van der Waals surface area contributed by atoms with Gasteiger partial charge in [0.05, 0.1) is 11.6 Å². The van der Waals surface area contributed by atoms with Gasteiger partial charge in [-0.05, 0) is 72.6 Å². The Morgan fingerprint density at radius 1 is 1.26 bits per heavy atom. The number of hydrogen-bond donors (Lipinski definition) is 2. The number of aryl methyl sites for hydroxylation is 1. The molecule has 0 amide bonds. The Bertz CT molecular complexity index is 884. The fourth-order valence-electron chi connectivity index (χ4n) is 4.77. The van der Waals surface area contributed by atoms with Crippen molar-refractivity contribution in [2.24, 2.45) is 5.92 Å². The Hall–Kier alpha value is -2.63. The first-order chi connectivity index (χ1) is 13.0. The van der Waals surface area contributed by atoms with Gasteiger partial charge in [0.25, 0.3) is 0 Å². The molecular weight excluding hydrogens is 352 g/mol. The predicted octanol–water partition coefficient (Wildman–Crippen LogP) is 5.35. The van der Waals surface area contributed by atoms with Gasteiger partial charge in [0.2, 0.25) is 0 Å². The molecule has 3 atom stereocenters. The average molecular weight is 373 g/mol. The Morgan fingerprint density at radius 3 is 2.81 bits per heavy atom. The number of rotatable bonds is 4. The third kappa shape index (κ3) is 3.13. The number of ether oxygens (including phenoxy) is 1. The summed E-state index contributed by atoms with van der Waals surface area (Å²) in [6.07, 6.45) is 2.96. The van der Waals surface area contributed by atoms with E-state index in [9.17, 15) is 18.7 Å². The third-order valence-corrected chi connectivity index (χ3v) is 5.82. The van der Waals surface area contributed by atoms with Gasteiger partial charge in [-0.1, -0.05) is 18.6 Å². The molecule has 0 aromatic heterocycles. The highest BCUT2D eigenvalue weighted by Gasteiger charge is 2.42. The zero-order valence-electron chi connectivity index (χ0n) is 14.9. The normalized spacial score (nSPS) is 23.5. The molecular formula is C21H21F2NO3. The second-order valence-electron chi connectivity index (χ2n) is 7.29. The average Bonchev–Trinajstić information content (AvgIpc) is 3.11. The van der Waals surface area contributed by atoms with E-state index in [0.717, 1.165) is 41.6 Å². The first kappa shape index (κ1) is 17.8. The number of halogens is 2. The van der Waals surface area contributed by atoms with Gasteiger partial charge >= 0.3 is 12.6 Å². The highest BCUT2D eigenvalue weighted by molar-refractivity contribution is 5.90. The van der Waals surface area contributed by atoms with Crippen molar-refractivity contribution in [1.82, 2.24) is 0 Å². The van der Waals surface area contributed by atoms with Crippen LogP contribution in [0, 0.1) is 12.8 Å². The van der Waals surface area contributed by atoms with Crippen molar-refractivity contribution >= 4 is 11.7 Å². The van der Waals surface area contributed by atoms with Crippen molar-refractivity contribution in [3.8, 4) is 5.75 Å². The van der Waals surface area contributed by atoms with Gasteiger partial charge in [0, 0.05) is 5.69 Å². The van der Waals surface area contributed by atoms with Crippen LogP contribution in [0.1, 0.15) is 58.3 Å². The van der Waals surface area contributed by atoms with E-state index >= 15 is 0 Å². The smallest absolute Gasteiger partial charge is 0.387 e. The van der Waals surface area contributed by atoms with Crippen LogP contribution in [0.4, 0.5) is 14.5 Å². The van der Waals surface area contributed by atoms with E-state index in [1.54, 1.807) is 24.3 Å². The van der Waals surface area contributed by atoms with Crippen molar-refractivity contribution < 1.29 is 23.4 Å². The number of fused-ring (bicyclic) bond motifs is 3. The van der Waals surface area contributed by atoms with Crippen molar-refractivity contribution in [2.45, 2.75) is 44.8 Å². The fraction of sp³-hybridized carbons (Fsp3) is 0.381. The molecule has 1 aliphatic carbocycles. The van der Waals surface area contributed by atoms with Crippen LogP contribution < -0.4 is 10.1 Å². The maximum absolute atomic E-state index is 12.6. The van der Waals surface area contributed by atoms with Crippen LogP contribution in [0.25, 0.3) is 0 Å². The van der Waals surface area contributed by atoms with Gasteiger partial charge in [-0.2, -0.15) is 8.78 Å². The lowest BCUT2D eigenvalue weighted by atomic mass is 9.75. The lowest BCUT2D eigenvalue weighted by Crippen LogP contribution is -2.30. The molecule has 0 saturated heterocycles. The van der Waals surface area contributed by atoms with Crippen LogP contribution in [0.2, 0.25) is 0 Å². The summed E-state index contributed by atoms with van der Waals surface area (Å²) in [5.41, 5.74) is 3.93. The summed E-state index contributed by atoms with van der Waals surface area (Å²) in [5, 5.41) is 13.2. The molecule has 2 N–H and O–H groups in total. The zero-order chi connectivity index (χ0) is 19.1. The van der Waals surface area contributed by atoms with Crippen LogP contribution in [0.3, 0.4) is 0 Å². The van der Waals surface area contributed by atoms with Crippen molar-refractivity contribution in [3.63, 3.8) is 0 Å². The maximum atomic E-state index is 12.6. The molecule has 2 aromatic rings. The Kier molecular flexibility index (Phi) is 4.50. The van der Waals surface area contributed by atoms with Gasteiger partial charge < -0.3 is 15.2 Å². The fourth-order valence-corrected chi connectivity index (χ4v) is 4.77. The summed E-state index contributed by atoms with van der Waals surface area (Å²) in [5.74, 6) is -0.347. The predicted molar refractivity (Wildman–Crippen MR) is 97.7 cm³/mol. The van der Waals surface area contributed by atoms with Crippen LogP contribution >= 0.6 is 0 Å². The number of carboxylic acid groups (broad SMARTS) is 1. The van der Waals surface area contributed by atoms with E-state index in [-0.39, 0.29) is 23.6 Å². The van der Waals surface area contributed by atoms with Gasteiger partial charge in [-0.15, -0.1) is 0 Å². The third-order valence-electron chi connectivity index (χ3n) is 5.82. The summed E-state index contributed by atoms with van der Waals surface area (Å²) in [7, 11) is 0. The van der Waals surface area contributed by atoms with Crippen molar-refractivity contribution in [1.29, 1.82) is 0 Å². The van der Waals surface area contributed by atoms with Gasteiger partial charge in [-0.25, -0.2) is 4.79 Å². The molecule has 0 radical (unpaired) electrons. The van der Waals surface area contributed by atoms with E-state index in [2.05, 4.69) is 10.1 Å². The van der Waals surface area contributed by atoms with E-state index in [0.29, 0.717) is 5.56 Å². The summed E-state index contributed by atoms with van der Waals surface area (Å²) in [6.45, 7) is -0.917. The molecule has 27 heavy (non-hydrogen) atoms. The van der Waals surface area contributed by atoms with Crippen LogP contribution in [-0.4, -0.2) is 17.7 Å². The minimum absolute atomic E-state index is 0.112. The highest BCUT2D eigenvalue weighted by Crippen LogP contribution is 2.54. The van der Waals surface area contributed by atoms with Crippen LogP contribution in [0.15, 0.2) is 36.4 Å². The van der Waals surface area contributed by atoms with Crippen LogP contribution in [0.5, 0.6) is 5.75 Å². The minimum atomic E-state index is -2.85. The van der Waals surface area contributed by atoms with Crippen molar-refractivity contribution in [2.75, 3.05) is 5.32 Å². The quantitative estimate of drug-likeness (QED) is 0.759. The second-order valence-corrected chi connectivity index (χ2v) is 7.29. The molecule has 142 valence electrons. The minimum Gasteiger partial charge on any atom is -0.478 e. The number of nitrogens with one attached hydrogen (secondary N) is 1. The highest BCUT2D eigenvalue weighted by atomic mass is 19.3. The van der Waals surface area contributed by atoms with Crippen LogP contribution in [-0.2, 0) is 0 Å². The van der Waals surface area contributed by atoms with Gasteiger partial charge in [0.15, 0.2) is 0 Å². The molecule has 4 nitrogen and oxygen atoms in total. The molecule has 2 aliphatic rings. The first-order valence-electron chi connectivity index (χ1n) is 9.14. The molecule has 2 aromatic carbocycles. The number of aromatic carboxylic acids is 1. The Morgan fingerprint density at radius 2 is 2.07 bits per heavy atom. The zero-order valence-corrected chi connectivity index (χ0v) is 14.9. The Labute approximate surface area is 156 Å². The monoisotopic (exact) mass is 373 g/mol. The molecule has 1 fully saturated rings. The van der Waals surface area contributed by atoms with Crippen molar-refractivity contribution in [3.05, 3.63) is 58.7 Å². The summed E-state index contributed by atoms with van der Waals surface area (Å²) >= 11 is 0. The molecule has 0 unspecified atom stereocenters. The molecule has 1 aliphatic heterocycles. The lowest BCUT2D eigenvalue weighted by molar-refractivity contribution is -0.0499. The van der Waals surface area contributed by atoms with E-state index in [4.69, 9.17) is 0 Å². The molecule has 4 rings (SSSR count). The Balaban J connectivity index is 1.78.